The number of nitrogens with zero attached hydrogens (tertiary/aromatic N) is 4. The van der Waals surface area contributed by atoms with Gasteiger partial charge in [0.25, 0.3) is 5.91 Å². The minimum Gasteiger partial charge on any atom is -0.377 e. The van der Waals surface area contributed by atoms with Gasteiger partial charge in [0.2, 0.25) is 11.8 Å². The third-order valence-electron chi connectivity index (χ3n) is 8.20. The lowest BCUT2D eigenvalue weighted by atomic mass is 9.73. The Labute approximate surface area is 215 Å². The van der Waals surface area contributed by atoms with Crippen molar-refractivity contribution in [2.24, 2.45) is 0 Å². The summed E-state index contributed by atoms with van der Waals surface area (Å²) in [5.41, 5.74) is 2.13. The zero-order chi connectivity index (χ0) is 25.8. The summed E-state index contributed by atoms with van der Waals surface area (Å²) in [5, 5.41) is 7.83. The molecular formula is C28H31N5O4. The first-order valence-electron chi connectivity index (χ1n) is 12.8. The van der Waals surface area contributed by atoms with E-state index >= 15 is 0 Å². The smallest absolute Gasteiger partial charge is 0.253 e. The SMILES string of the molecule is CC1(C)COCCN1C(=O)CN1C(=O)C2(CCN(C(=O)c3ccc4[nH]ncc4c3)CC2)c2ccccc21. The molecule has 37 heavy (non-hydrogen) atoms. The normalized spacial score (nSPS) is 20.5. The van der Waals surface area contributed by atoms with Gasteiger partial charge in [-0.2, -0.15) is 5.10 Å². The number of H-pyrrole nitrogens is 1. The molecule has 2 saturated heterocycles. The summed E-state index contributed by atoms with van der Waals surface area (Å²) in [6.45, 7) is 6.42. The number of morpholine rings is 1. The molecule has 0 aliphatic carbocycles. The second kappa shape index (κ2) is 8.69. The number of para-hydroxylation sites is 1. The minimum atomic E-state index is -0.720. The minimum absolute atomic E-state index is 0.00832. The number of aromatic nitrogens is 2. The highest BCUT2D eigenvalue weighted by molar-refractivity contribution is 6.11. The Morgan fingerprint density at radius 1 is 1.08 bits per heavy atom. The maximum atomic E-state index is 14.0. The first-order chi connectivity index (χ1) is 17.8. The number of carbonyl (C=O) groups is 3. The van der Waals surface area contributed by atoms with Crippen molar-refractivity contribution >= 4 is 34.3 Å². The van der Waals surface area contributed by atoms with Crippen LogP contribution in [0.25, 0.3) is 10.9 Å². The molecule has 1 N–H and O–H groups in total. The monoisotopic (exact) mass is 501 g/mol. The number of aromatic amines is 1. The number of ether oxygens (including phenoxy) is 1. The van der Waals surface area contributed by atoms with Gasteiger partial charge in [-0.15, -0.1) is 0 Å². The highest BCUT2D eigenvalue weighted by Gasteiger charge is 2.53. The second-order valence-electron chi connectivity index (χ2n) is 10.9. The first-order valence-corrected chi connectivity index (χ1v) is 12.8. The summed E-state index contributed by atoms with van der Waals surface area (Å²) in [5.74, 6) is -0.158. The number of hydrogen-bond acceptors (Lipinski definition) is 5. The van der Waals surface area contributed by atoms with Crippen molar-refractivity contribution in [1.82, 2.24) is 20.0 Å². The maximum Gasteiger partial charge on any atom is 0.253 e. The third kappa shape index (κ3) is 3.80. The number of rotatable bonds is 3. The quantitative estimate of drug-likeness (QED) is 0.595. The molecule has 0 bridgehead atoms. The zero-order valence-electron chi connectivity index (χ0n) is 21.2. The summed E-state index contributed by atoms with van der Waals surface area (Å²) < 4.78 is 5.57. The summed E-state index contributed by atoms with van der Waals surface area (Å²) in [7, 11) is 0. The standard InChI is InChI=1S/C28H31N5O4/c1-27(2)18-37-14-13-33(27)24(34)17-32-23-6-4-3-5-21(23)28(26(32)36)9-11-31(12-10-28)25(35)19-7-8-22-20(15-19)16-29-30-22/h3-8,15-16H,9-14,17-18H2,1-2H3,(H,29,30). The maximum absolute atomic E-state index is 14.0. The number of likely N-dealkylation sites (tertiary alicyclic amines) is 1. The van der Waals surface area contributed by atoms with Crippen LogP contribution in [0.4, 0.5) is 5.69 Å². The zero-order valence-corrected chi connectivity index (χ0v) is 21.2. The first kappa shape index (κ1) is 23.7. The van der Waals surface area contributed by atoms with Crippen LogP contribution in [0.5, 0.6) is 0 Å². The van der Waals surface area contributed by atoms with E-state index in [1.807, 2.05) is 66.1 Å². The second-order valence-corrected chi connectivity index (χ2v) is 10.9. The van der Waals surface area contributed by atoms with Crippen LogP contribution in [0.3, 0.4) is 0 Å². The highest BCUT2D eigenvalue weighted by Crippen LogP contribution is 2.48. The van der Waals surface area contributed by atoms with E-state index in [4.69, 9.17) is 4.74 Å². The van der Waals surface area contributed by atoms with E-state index in [9.17, 15) is 14.4 Å². The highest BCUT2D eigenvalue weighted by atomic mass is 16.5. The van der Waals surface area contributed by atoms with E-state index in [-0.39, 0.29) is 24.3 Å². The van der Waals surface area contributed by atoms with E-state index in [2.05, 4.69) is 10.2 Å². The lowest BCUT2D eigenvalue weighted by Gasteiger charge is -2.43. The van der Waals surface area contributed by atoms with Crippen LogP contribution in [0.2, 0.25) is 0 Å². The average molecular weight is 502 g/mol. The molecule has 1 spiro atoms. The molecule has 0 unspecified atom stereocenters. The van der Waals surface area contributed by atoms with E-state index in [0.717, 1.165) is 22.2 Å². The number of anilines is 1. The summed E-state index contributed by atoms with van der Waals surface area (Å²) in [4.78, 5) is 46.0. The van der Waals surface area contributed by atoms with E-state index in [1.54, 1.807) is 11.1 Å². The van der Waals surface area contributed by atoms with Crippen molar-refractivity contribution in [3.8, 4) is 0 Å². The molecule has 192 valence electrons. The molecule has 9 nitrogen and oxygen atoms in total. The van der Waals surface area contributed by atoms with Gasteiger partial charge < -0.3 is 19.4 Å². The van der Waals surface area contributed by atoms with Crippen LogP contribution in [0.1, 0.15) is 42.6 Å². The predicted octanol–water partition coefficient (Wildman–Crippen LogP) is 2.72. The van der Waals surface area contributed by atoms with Crippen molar-refractivity contribution in [2.45, 2.75) is 37.6 Å². The summed E-state index contributed by atoms with van der Waals surface area (Å²) >= 11 is 0. The Bertz CT molecular complexity index is 1390. The molecule has 1 aromatic heterocycles. The van der Waals surface area contributed by atoms with Crippen molar-refractivity contribution in [3.63, 3.8) is 0 Å². The van der Waals surface area contributed by atoms with Gasteiger partial charge in [-0.25, -0.2) is 0 Å². The van der Waals surface area contributed by atoms with E-state index in [1.165, 1.54) is 0 Å². The van der Waals surface area contributed by atoms with Crippen molar-refractivity contribution in [3.05, 3.63) is 59.8 Å². The van der Waals surface area contributed by atoms with Gasteiger partial charge >= 0.3 is 0 Å². The van der Waals surface area contributed by atoms with Crippen molar-refractivity contribution in [2.75, 3.05) is 44.3 Å². The topological polar surface area (TPSA) is 98.8 Å². The molecule has 6 rings (SSSR count). The number of benzene rings is 2. The lowest BCUT2D eigenvalue weighted by molar-refractivity contribution is -0.145. The molecule has 2 aromatic carbocycles. The Morgan fingerprint density at radius 2 is 1.86 bits per heavy atom. The fraction of sp³-hybridized carbons (Fsp3) is 0.429. The van der Waals surface area contributed by atoms with Gasteiger partial charge in [-0.1, -0.05) is 18.2 Å². The molecule has 3 aromatic rings. The fourth-order valence-electron chi connectivity index (χ4n) is 6.13. The van der Waals surface area contributed by atoms with Crippen molar-refractivity contribution in [1.29, 1.82) is 0 Å². The number of hydrogen-bond donors (Lipinski definition) is 1. The largest absolute Gasteiger partial charge is 0.377 e. The van der Waals surface area contributed by atoms with Crippen LogP contribution in [-0.2, 0) is 19.7 Å². The Balaban J connectivity index is 1.22. The van der Waals surface area contributed by atoms with Crippen LogP contribution in [0, 0.1) is 0 Å². The molecular weight excluding hydrogens is 470 g/mol. The number of piperidine rings is 1. The van der Waals surface area contributed by atoms with Crippen LogP contribution in [-0.4, -0.2) is 82.7 Å². The molecule has 4 heterocycles. The van der Waals surface area contributed by atoms with Crippen LogP contribution in [0.15, 0.2) is 48.7 Å². The average Bonchev–Trinajstić information content (AvgIpc) is 3.46. The number of carbonyl (C=O) groups excluding carboxylic acids is 3. The van der Waals surface area contributed by atoms with Gasteiger partial charge in [-0.3, -0.25) is 19.5 Å². The van der Waals surface area contributed by atoms with E-state index < -0.39 is 11.0 Å². The van der Waals surface area contributed by atoms with Crippen molar-refractivity contribution < 1.29 is 19.1 Å². The molecule has 9 heteroatoms. The predicted molar refractivity (Wildman–Crippen MR) is 138 cm³/mol. The molecule has 0 atom stereocenters. The molecule has 0 radical (unpaired) electrons. The number of nitrogens with one attached hydrogen (secondary N) is 1. The molecule has 3 aliphatic rings. The Hall–Kier alpha value is -3.72. The Morgan fingerprint density at radius 3 is 2.65 bits per heavy atom. The number of fused-ring (bicyclic) bond motifs is 3. The third-order valence-corrected chi connectivity index (χ3v) is 8.20. The molecule has 0 saturated carbocycles. The summed E-state index contributed by atoms with van der Waals surface area (Å²) in [6, 6.07) is 13.3. The summed E-state index contributed by atoms with van der Waals surface area (Å²) in [6.07, 6.45) is 2.76. The van der Waals surface area contributed by atoms with Gasteiger partial charge in [0.15, 0.2) is 0 Å². The Kier molecular flexibility index (Phi) is 5.56. The number of amides is 3. The van der Waals surface area contributed by atoms with E-state index in [0.29, 0.717) is 51.3 Å². The van der Waals surface area contributed by atoms with Crippen LogP contribution >= 0.6 is 0 Å². The van der Waals surface area contributed by atoms with Gasteiger partial charge in [-0.05, 0) is 56.5 Å². The van der Waals surface area contributed by atoms with Gasteiger partial charge in [0.05, 0.1) is 35.9 Å². The fourth-order valence-corrected chi connectivity index (χ4v) is 6.13. The van der Waals surface area contributed by atoms with Gasteiger partial charge in [0.1, 0.15) is 6.54 Å². The molecule has 2 fully saturated rings. The molecule has 3 aliphatic heterocycles. The lowest BCUT2D eigenvalue weighted by Crippen LogP contribution is -2.58. The van der Waals surface area contributed by atoms with Crippen LogP contribution < -0.4 is 4.90 Å². The van der Waals surface area contributed by atoms with Gasteiger partial charge in [0, 0.05) is 36.3 Å². The molecule has 3 amide bonds.